The maximum Gasteiger partial charge on any atom is 0.148 e. The number of rotatable bonds is 5. The smallest absolute Gasteiger partial charge is 0.148 e. The highest BCUT2D eigenvalue weighted by atomic mass is 15.4. The summed E-state index contributed by atoms with van der Waals surface area (Å²) in [5.41, 5.74) is 3.52. The van der Waals surface area contributed by atoms with Gasteiger partial charge < -0.3 is 5.32 Å². The Morgan fingerprint density at radius 1 is 1.28 bits per heavy atom. The Hall–Kier alpha value is -1.69. The summed E-state index contributed by atoms with van der Waals surface area (Å²) >= 11 is 0. The average Bonchev–Trinajstić information content (AvgIpc) is 2.90. The molecule has 0 aromatic carbocycles. The average molecular weight is 248 g/mol. The zero-order valence-electron chi connectivity index (χ0n) is 11.4. The summed E-state index contributed by atoms with van der Waals surface area (Å²) in [6.45, 7) is 8.55. The van der Waals surface area contributed by atoms with Crippen LogP contribution in [0.5, 0.6) is 0 Å². The van der Waals surface area contributed by atoms with Crippen molar-refractivity contribution >= 4 is 0 Å². The molecule has 2 heterocycles. The topological polar surface area (TPSA) is 60.6 Å². The molecule has 0 aliphatic rings. The van der Waals surface area contributed by atoms with Gasteiger partial charge in [0.25, 0.3) is 0 Å². The van der Waals surface area contributed by atoms with Crippen molar-refractivity contribution in [2.75, 3.05) is 7.05 Å². The molecule has 0 amide bonds. The molecule has 0 saturated heterocycles. The standard InChI is InChI=1S/C12H20N6/c1-5-17-12(14-8-15-17)7-18-10(3)11(6-13-4)9(2)16-18/h8,13H,5-7H2,1-4H3. The molecule has 0 bridgehead atoms. The van der Waals surface area contributed by atoms with Gasteiger partial charge in [-0.25, -0.2) is 9.67 Å². The van der Waals surface area contributed by atoms with Crippen molar-refractivity contribution in [2.45, 2.75) is 40.4 Å². The maximum absolute atomic E-state index is 4.57. The van der Waals surface area contributed by atoms with Crippen molar-refractivity contribution in [1.82, 2.24) is 29.9 Å². The van der Waals surface area contributed by atoms with Crippen LogP contribution in [0.1, 0.15) is 29.7 Å². The Labute approximate surface area is 107 Å². The lowest BCUT2D eigenvalue weighted by Crippen LogP contribution is -2.12. The first-order valence-corrected chi connectivity index (χ1v) is 6.21. The van der Waals surface area contributed by atoms with Crippen LogP contribution in [0, 0.1) is 13.8 Å². The molecule has 98 valence electrons. The summed E-state index contributed by atoms with van der Waals surface area (Å²) in [6, 6.07) is 0. The molecule has 0 saturated carbocycles. The van der Waals surface area contributed by atoms with E-state index in [1.807, 2.05) is 23.3 Å². The number of aromatic nitrogens is 5. The molecule has 0 unspecified atom stereocenters. The van der Waals surface area contributed by atoms with E-state index in [1.165, 1.54) is 11.3 Å². The summed E-state index contributed by atoms with van der Waals surface area (Å²) in [5, 5.41) is 11.9. The Bertz CT molecular complexity index is 525. The fraction of sp³-hybridized carbons (Fsp3) is 0.583. The molecular weight excluding hydrogens is 228 g/mol. The van der Waals surface area contributed by atoms with Gasteiger partial charge in [0, 0.05) is 24.3 Å². The zero-order chi connectivity index (χ0) is 13.1. The largest absolute Gasteiger partial charge is 0.316 e. The third-order valence-electron chi connectivity index (χ3n) is 3.17. The molecule has 2 rings (SSSR count). The number of nitrogens with zero attached hydrogens (tertiary/aromatic N) is 5. The van der Waals surface area contributed by atoms with E-state index in [2.05, 4.69) is 34.3 Å². The van der Waals surface area contributed by atoms with Gasteiger partial charge in [-0.3, -0.25) is 4.68 Å². The van der Waals surface area contributed by atoms with Gasteiger partial charge in [0.05, 0.1) is 5.69 Å². The predicted octanol–water partition coefficient (Wildman–Crippen LogP) is 0.879. The molecule has 18 heavy (non-hydrogen) atoms. The molecule has 0 aliphatic carbocycles. The van der Waals surface area contributed by atoms with E-state index in [-0.39, 0.29) is 0 Å². The lowest BCUT2D eigenvalue weighted by atomic mass is 10.2. The van der Waals surface area contributed by atoms with Crippen molar-refractivity contribution in [1.29, 1.82) is 0 Å². The van der Waals surface area contributed by atoms with Crippen molar-refractivity contribution in [3.63, 3.8) is 0 Å². The van der Waals surface area contributed by atoms with Crippen molar-refractivity contribution in [3.8, 4) is 0 Å². The molecule has 6 heteroatoms. The van der Waals surface area contributed by atoms with Crippen LogP contribution in [-0.2, 0) is 19.6 Å². The molecule has 6 nitrogen and oxygen atoms in total. The molecule has 0 radical (unpaired) electrons. The molecule has 0 fully saturated rings. The molecule has 0 atom stereocenters. The minimum Gasteiger partial charge on any atom is -0.316 e. The van der Waals surface area contributed by atoms with E-state index in [0.717, 1.165) is 24.6 Å². The van der Waals surface area contributed by atoms with Gasteiger partial charge >= 0.3 is 0 Å². The summed E-state index contributed by atoms with van der Waals surface area (Å²) < 4.78 is 3.90. The Balaban J connectivity index is 2.27. The molecule has 0 spiro atoms. The quantitative estimate of drug-likeness (QED) is 0.853. The molecule has 2 aromatic heterocycles. The number of hydrogen-bond acceptors (Lipinski definition) is 4. The van der Waals surface area contributed by atoms with E-state index in [4.69, 9.17) is 0 Å². The van der Waals surface area contributed by atoms with Gasteiger partial charge in [-0.15, -0.1) is 0 Å². The summed E-state index contributed by atoms with van der Waals surface area (Å²) in [5.74, 6) is 0.944. The fourth-order valence-electron chi connectivity index (χ4n) is 2.13. The van der Waals surface area contributed by atoms with Crippen LogP contribution in [0.4, 0.5) is 0 Å². The lowest BCUT2D eigenvalue weighted by molar-refractivity contribution is 0.558. The van der Waals surface area contributed by atoms with Gasteiger partial charge in [0.2, 0.25) is 0 Å². The van der Waals surface area contributed by atoms with Crippen molar-refractivity contribution in [2.24, 2.45) is 0 Å². The SMILES string of the molecule is CCn1ncnc1Cn1nc(C)c(CNC)c1C. The zero-order valence-corrected chi connectivity index (χ0v) is 11.4. The lowest BCUT2D eigenvalue weighted by Gasteiger charge is -2.06. The Morgan fingerprint density at radius 3 is 2.72 bits per heavy atom. The summed E-state index contributed by atoms with van der Waals surface area (Å²) in [7, 11) is 1.95. The second-order valence-corrected chi connectivity index (χ2v) is 4.33. The third kappa shape index (κ3) is 2.28. The normalized spacial score (nSPS) is 11.1. The van der Waals surface area contributed by atoms with Gasteiger partial charge in [-0.2, -0.15) is 10.2 Å². The highest BCUT2D eigenvalue weighted by molar-refractivity contribution is 5.24. The predicted molar refractivity (Wildman–Crippen MR) is 69.3 cm³/mol. The molecule has 1 N–H and O–H groups in total. The van der Waals surface area contributed by atoms with Crippen LogP contribution in [0.15, 0.2) is 6.33 Å². The first kappa shape index (κ1) is 12.8. The highest BCUT2D eigenvalue weighted by Crippen LogP contribution is 2.13. The Morgan fingerprint density at radius 2 is 2.06 bits per heavy atom. The molecule has 0 aliphatic heterocycles. The fourth-order valence-corrected chi connectivity index (χ4v) is 2.13. The number of hydrogen-bond donors (Lipinski definition) is 1. The van der Waals surface area contributed by atoms with Gasteiger partial charge in [-0.05, 0) is 27.8 Å². The van der Waals surface area contributed by atoms with E-state index < -0.39 is 0 Å². The third-order valence-corrected chi connectivity index (χ3v) is 3.17. The first-order chi connectivity index (χ1) is 8.67. The summed E-state index contributed by atoms with van der Waals surface area (Å²) in [4.78, 5) is 4.28. The van der Waals surface area contributed by atoms with Crippen molar-refractivity contribution < 1.29 is 0 Å². The minimum absolute atomic E-state index is 0.671. The van der Waals surface area contributed by atoms with Crippen molar-refractivity contribution in [3.05, 3.63) is 29.1 Å². The number of nitrogens with one attached hydrogen (secondary N) is 1. The van der Waals surface area contributed by atoms with Gasteiger partial charge in [0.15, 0.2) is 0 Å². The molecular formula is C12H20N6. The van der Waals surface area contributed by atoms with Crippen LogP contribution in [0.3, 0.4) is 0 Å². The summed E-state index contributed by atoms with van der Waals surface area (Å²) in [6.07, 6.45) is 1.60. The molecule has 2 aromatic rings. The van der Waals surface area contributed by atoms with E-state index in [9.17, 15) is 0 Å². The van der Waals surface area contributed by atoms with Crippen LogP contribution >= 0.6 is 0 Å². The van der Waals surface area contributed by atoms with E-state index in [1.54, 1.807) is 6.33 Å². The van der Waals surface area contributed by atoms with E-state index >= 15 is 0 Å². The highest BCUT2D eigenvalue weighted by Gasteiger charge is 2.12. The van der Waals surface area contributed by atoms with Crippen LogP contribution in [-0.4, -0.2) is 31.6 Å². The van der Waals surface area contributed by atoms with Gasteiger partial charge in [-0.1, -0.05) is 0 Å². The first-order valence-electron chi connectivity index (χ1n) is 6.21. The van der Waals surface area contributed by atoms with Crippen LogP contribution < -0.4 is 5.32 Å². The monoisotopic (exact) mass is 248 g/mol. The Kier molecular flexibility index (Phi) is 3.76. The van der Waals surface area contributed by atoms with Gasteiger partial charge in [0.1, 0.15) is 18.7 Å². The van der Waals surface area contributed by atoms with Crippen LogP contribution in [0.2, 0.25) is 0 Å². The van der Waals surface area contributed by atoms with Crippen LogP contribution in [0.25, 0.3) is 0 Å². The second kappa shape index (κ2) is 5.30. The second-order valence-electron chi connectivity index (χ2n) is 4.33. The number of aryl methyl sites for hydroxylation is 2. The maximum atomic E-state index is 4.57. The van der Waals surface area contributed by atoms with E-state index in [0.29, 0.717) is 6.54 Å². The minimum atomic E-state index is 0.671.